The number of piperidine rings is 1. The lowest BCUT2D eigenvalue weighted by Crippen LogP contribution is -2.38. The number of nitrogens with zero attached hydrogens (tertiary/aromatic N) is 2. The van der Waals surface area contributed by atoms with E-state index in [-0.39, 0.29) is 11.7 Å². The lowest BCUT2D eigenvalue weighted by molar-refractivity contribution is 0.0810. The van der Waals surface area contributed by atoms with Crippen molar-refractivity contribution in [3.05, 3.63) is 71.5 Å². The van der Waals surface area contributed by atoms with E-state index < -0.39 is 0 Å². The number of pyridine rings is 1. The zero-order valence-corrected chi connectivity index (χ0v) is 16.5. The second-order valence-electron chi connectivity index (χ2n) is 7.64. The SMILES string of the molecule is COc1ccc2cc(C(=O)[C@@H]3CCCN(Cc4cccc(C)n4)C3)ccc2c1. The number of methoxy groups -OCH3 is 1. The average molecular weight is 374 g/mol. The molecule has 4 heteroatoms. The zero-order chi connectivity index (χ0) is 19.5. The Morgan fingerprint density at radius 2 is 1.96 bits per heavy atom. The van der Waals surface area contributed by atoms with Gasteiger partial charge in [-0.05, 0) is 67.4 Å². The molecular formula is C24H26N2O2. The molecule has 1 fully saturated rings. The van der Waals surface area contributed by atoms with Gasteiger partial charge in [-0.15, -0.1) is 0 Å². The van der Waals surface area contributed by atoms with Crippen LogP contribution in [0.4, 0.5) is 0 Å². The van der Waals surface area contributed by atoms with Crippen LogP contribution >= 0.6 is 0 Å². The Kier molecular flexibility index (Phi) is 5.40. The molecule has 1 atom stereocenters. The van der Waals surface area contributed by atoms with Crippen molar-refractivity contribution in [1.82, 2.24) is 9.88 Å². The fourth-order valence-electron chi connectivity index (χ4n) is 4.07. The van der Waals surface area contributed by atoms with Crippen LogP contribution in [0.5, 0.6) is 5.75 Å². The number of fused-ring (bicyclic) bond motifs is 1. The molecule has 0 saturated carbocycles. The van der Waals surface area contributed by atoms with Crippen molar-refractivity contribution in [3.63, 3.8) is 0 Å². The van der Waals surface area contributed by atoms with Gasteiger partial charge in [0, 0.05) is 30.3 Å². The lowest BCUT2D eigenvalue weighted by Gasteiger charge is -2.31. The number of carbonyl (C=O) groups excluding carboxylic acids is 1. The van der Waals surface area contributed by atoms with Crippen molar-refractivity contribution in [1.29, 1.82) is 0 Å². The molecule has 1 aromatic heterocycles. The van der Waals surface area contributed by atoms with Crippen LogP contribution in [0.2, 0.25) is 0 Å². The lowest BCUT2D eigenvalue weighted by atomic mass is 9.89. The maximum absolute atomic E-state index is 13.2. The van der Waals surface area contributed by atoms with Crippen LogP contribution < -0.4 is 4.74 Å². The molecule has 0 radical (unpaired) electrons. The third-order valence-corrected chi connectivity index (χ3v) is 5.54. The first kappa shape index (κ1) is 18.6. The van der Waals surface area contributed by atoms with Crippen LogP contribution in [-0.4, -0.2) is 35.9 Å². The number of hydrogen-bond donors (Lipinski definition) is 0. The molecule has 0 N–H and O–H groups in total. The zero-order valence-electron chi connectivity index (χ0n) is 16.5. The molecule has 4 rings (SSSR count). The van der Waals surface area contributed by atoms with Gasteiger partial charge in [-0.3, -0.25) is 14.7 Å². The van der Waals surface area contributed by atoms with E-state index in [9.17, 15) is 4.79 Å². The van der Waals surface area contributed by atoms with Gasteiger partial charge >= 0.3 is 0 Å². The van der Waals surface area contributed by atoms with Gasteiger partial charge in [0.1, 0.15) is 5.75 Å². The number of ether oxygens (including phenoxy) is 1. The minimum atomic E-state index is 0.0502. The highest BCUT2D eigenvalue weighted by atomic mass is 16.5. The number of carbonyl (C=O) groups is 1. The average Bonchev–Trinajstić information content (AvgIpc) is 2.72. The smallest absolute Gasteiger partial charge is 0.167 e. The van der Waals surface area contributed by atoms with Crippen molar-refractivity contribution >= 4 is 16.6 Å². The van der Waals surface area contributed by atoms with Crippen LogP contribution in [0, 0.1) is 12.8 Å². The Morgan fingerprint density at radius 3 is 2.79 bits per heavy atom. The summed E-state index contributed by atoms with van der Waals surface area (Å²) in [6, 6.07) is 18.1. The van der Waals surface area contributed by atoms with Gasteiger partial charge in [-0.1, -0.05) is 24.3 Å². The molecule has 1 aliphatic heterocycles. The van der Waals surface area contributed by atoms with Crippen LogP contribution in [0.1, 0.15) is 34.6 Å². The van der Waals surface area contributed by atoms with Gasteiger partial charge in [0.2, 0.25) is 0 Å². The van der Waals surface area contributed by atoms with Gasteiger partial charge in [0.15, 0.2) is 5.78 Å². The molecule has 0 bridgehead atoms. The Morgan fingerprint density at radius 1 is 1.14 bits per heavy atom. The topological polar surface area (TPSA) is 42.4 Å². The first-order valence-electron chi connectivity index (χ1n) is 9.89. The fourth-order valence-corrected chi connectivity index (χ4v) is 4.07. The minimum Gasteiger partial charge on any atom is -0.497 e. The van der Waals surface area contributed by atoms with E-state index in [0.717, 1.165) is 65.9 Å². The summed E-state index contributed by atoms with van der Waals surface area (Å²) in [5, 5.41) is 2.16. The molecule has 28 heavy (non-hydrogen) atoms. The number of Topliss-reactive ketones (excluding diaryl/α,β-unsaturated/α-hetero) is 1. The van der Waals surface area contributed by atoms with E-state index in [1.54, 1.807) is 7.11 Å². The molecule has 2 aromatic carbocycles. The first-order valence-corrected chi connectivity index (χ1v) is 9.89. The monoisotopic (exact) mass is 374 g/mol. The maximum atomic E-state index is 13.2. The summed E-state index contributed by atoms with van der Waals surface area (Å²) in [6.45, 7) is 4.65. The second kappa shape index (κ2) is 8.11. The molecule has 0 amide bonds. The van der Waals surface area contributed by atoms with E-state index in [2.05, 4.69) is 16.0 Å². The summed E-state index contributed by atoms with van der Waals surface area (Å²) < 4.78 is 5.29. The van der Waals surface area contributed by atoms with Crippen molar-refractivity contribution in [3.8, 4) is 5.75 Å². The summed E-state index contributed by atoms with van der Waals surface area (Å²) in [7, 11) is 1.67. The third kappa shape index (κ3) is 4.07. The van der Waals surface area contributed by atoms with Crippen molar-refractivity contribution in [2.75, 3.05) is 20.2 Å². The number of aromatic nitrogens is 1. The maximum Gasteiger partial charge on any atom is 0.167 e. The van der Waals surface area contributed by atoms with E-state index in [0.29, 0.717) is 0 Å². The van der Waals surface area contributed by atoms with Crippen molar-refractivity contribution in [2.24, 2.45) is 5.92 Å². The van der Waals surface area contributed by atoms with Gasteiger partial charge in [0.05, 0.1) is 12.8 Å². The predicted octanol–water partition coefficient (Wildman–Crippen LogP) is 4.65. The largest absolute Gasteiger partial charge is 0.497 e. The molecule has 1 saturated heterocycles. The summed E-state index contributed by atoms with van der Waals surface area (Å²) in [6.07, 6.45) is 2.00. The Bertz CT molecular complexity index is 999. The predicted molar refractivity (Wildman–Crippen MR) is 112 cm³/mol. The van der Waals surface area contributed by atoms with Crippen LogP contribution in [0.25, 0.3) is 10.8 Å². The highest BCUT2D eigenvalue weighted by Crippen LogP contribution is 2.26. The molecule has 0 unspecified atom stereocenters. The molecule has 144 valence electrons. The highest BCUT2D eigenvalue weighted by molar-refractivity contribution is 6.01. The Labute approximate surface area is 166 Å². The number of aryl methyl sites for hydroxylation is 1. The van der Waals surface area contributed by atoms with Crippen molar-refractivity contribution < 1.29 is 9.53 Å². The highest BCUT2D eigenvalue weighted by Gasteiger charge is 2.27. The van der Waals surface area contributed by atoms with Crippen LogP contribution in [0.15, 0.2) is 54.6 Å². The fraction of sp³-hybridized carbons (Fsp3) is 0.333. The standard InChI is InChI=1S/C24H26N2O2/c1-17-5-3-7-22(25-17)16-26-12-4-6-21(15-26)24(27)20-9-8-19-14-23(28-2)11-10-18(19)13-20/h3,5,7-11,13-14,21H,4,6,12,15-16H2,1-2H3/t21-/m1/s1. The summed E-state index contributed by atoms with van der Waals surface area (Å²) in [4.78, 5) is 20.1. The summed E-state index contributed by atoms with van der Waals surface area (Å²) in [5.41, 5.74) is 2.92. The number of hydrogen-bond acceptors (Lipinski definition) is 4. The minimum absolute atomic E-state index is 0.0502. The van der Waals surface area contributed by atoms with Gasteiger partial charge in [-0.2, -0.15) is 0 Å². The molecule has 1 aliphatic rings. The molecule has 0 spiro atoms. The Balaban J connectivity index is 1.48. The number of rotatable bonds is 5. The van der Waals surface area contributed by atoms with Gasteiger partial charge in [0.25, 0.3) is 0 Å². The number of benzene rings is 2. The first-order chi connectivity index (χ1) is 13.6. The van der Waals surface area contributed by atoms with E-state index in [1.807, 2.05) is 55.5 Å². The van der Waals surface area contributed by atoms with Crippen LogP contribution in [-0.2, 0) is 6.54 Å². The second-order valence-corrected chi connectivity index (χ2v) is 7.64. The van der Waals surface area contributed by atoms with E-state index in [4.69, 9.17) is 4.74 Å². The van der Waals surface area contributed by atoms with E-state index in [1.165, 1.54) is 0 Å². The third-order valence-electron chi connectivity index (χ3n) is 5.54. The molecule has 0 aliphatic carbocycles. The Hall–Kier alpha value is -2.72. The molecule has 2 heterocycles. The van der Waals surface area contributed by atoms with Crippen molar-refractivity contribution in [2.45, 2.75) is 26.3 Å². The summed E-state index contributed by atoms with van der Waals surface area (Å²) >= 11 is 0. The molecule has 3 aromatic rings. The number of likely N-dealkylation sites (tertiary alicyclic amines) is 1. The molecular weight excluding hydrogens is 348 g/mol. The summed E-state index contributed by atoms with van der Waals surface area (Å²) in [5.74, 6) is 1.13. The normalized spacial score (nSPS) is 17.6. The van der Waals surface area contributed by atoms with Gasteiger partial charge in [-0.25, -0.2) is 0 Å². The quantitative estimate of drug-likeness (QED) is 0.610. The van der Waals surface area contributed by atoms with Gasteiger partial charge < -0.3 is 4.74 Å². The molecule has 4 nitrogen and oxygen atoms in total. The van der Waals surface area contributed by atoms with Crippen LogP contribution in [0.3, 0.4) is 0 Å². The van der Waals surface area contributed by atoms with E-state index >= 15 is 0 Å². The number of ketones is 1.